The van der Waals surface area contributed by atoms with Crippen LogP contribution in [0.3, 0.4) is 0 Å². The first kappa shape index (κ1) is 11.3. The number of nitrogens with two attached hydrogens (primary N) is 1. The summed E-state index contributed by atoms with van der Waals surface area (Å²) in [6.45, 7) is 4.57. The Bertz CT molecular complexity index is 554. The number of fused-ring (bicyclic) bond motifs is 1. The molecule has 1 aromatic heterocycles. The summed E-state index contributed by atoms with van der Waals surface area (Å²) < 4.78 is 10.5. The molecule has 6 nitrogen and oxygen atoms in total. The van der Waals surface area contributed by atoms with Gasteiger partial charge in [-0.2, -0.15) is 0 Å². The fourth-order valence-electron chi connectivity index (χ4n) is 2.31. The molecular weight excluding hydrogens is 232 g/mol. The van der Waals surface area contributed by atoms with Crippen LogP contribution in [-0.2, 0) is 4.74 Å². The summed E-state index contributed by atoms with van der Waals surface area (Å²) in [6, 6.07) is 3.82. The Balaban J connectivity index is 1.98. The lowest BCUT2D eigenvalue weighted by Gasteiger charge is -2.34. The van der Waals surface area contributed by atoms with Crippen LogP contribution in [0.15, 0.2) is 16.8 Å². The predicted octanol–water partition coefficient (Wildman–Crippen LogP) is 1.42. The van der Waals surface area contributed by atoms with Crippen molar-refractivity contribution in [3.05, 3.63) is 12.1 Å². The van der Waals surface area contributed by atoms with E-state index in [1.807, 2.05) is 12.1 Å². The van der Waals surface area contributed by atoms with Crippen LogP contribution in [-0.4, -0.2) is 36.1 Å². The van der Waals surface area contributed by atoms with Crippen molar-refractivity contribution in [3.8, 4) is 0 Å². The van der Waals surface area contributed by atoms with Crippen LogP contribution >= 0.6 is 0 Å². The van der Waals surface area contributed by atoms with Gasteiger partial charge >= 0.3 is 0 Å². The van der Waals surface area contributed by atoms with E-state index < -0.39 is 0 Å². The van der Waals surface area contributed by atoms with Crippen LogP contribution in [0, 0.1) is 0 Å². The van der Waals surface area contributed by atoms with Crippen LogP contribution in [0.25, 0.3) is 11.0 Å². The van der Waals surface area contributed by atoms with Crippen molar-refractivity contribution >= 4 is 22.4 Å². The Hall–Kier alpha value is -1.82. The number of benzene rings is 1. The lowest BCUT2D eigenvalue weighted by Crippen LogP contribution is -2.42. The second kappa shape index (κ2) is 4.45. The van der Waals surface area contributed by atoms with Crippen molar-refractivity contribution in [1.29, 1.82) is 0 Å². The molecule has 1 aromatic carbocycles. The van der Waals surface area contributed by atoms with Crippen LogP contribution in [0.2, 0.25) is 0 Å². The van der Waals surface area contributed by atoms with E-state index >= 15 is 0 Å². The number of ether oxygens (including phenoxy) is 1. The molecule has 96 valence electrons. The average Bonchev–Trinajstić information content (AvgIpc) is 2.89. The molecule has 1 unspecified atom stereocenters. The van der Waals surface area contributed by atoms with E-state index in [1.54, 1.807) is 0 Å². The second-order valence-electron chi connectivity index (χ2n) is 4.48. The van der Waals surface area contributed by atoms with Gasteiger partial charge in [0.05, 0.1) is 24.1 Å². The minimum atomic E-state index is 0.270. The number of nitrogen functional groups attached to an aromatic ring is 1. The molecule has 1 aliphatic heterocycles. The number of hydrogen-bond donors (Lipinski definition) is 1. The smallest absolute Gasteiger partial charge is 0.160 e. The summed E-state index contributed by atoms with van der Waals surface area (Å²) in [4.78, 5) is 2.25. The third-order valence-corrected chi connectivity index (χ3v) is 3.36. The predicted molar refractivity (Wildman–Crippen MR) is 68.5 cm³/mol. The lowest BCUT2D eigenvalue weighted by molar-refractivity contribution is 0.0385. The van der Waals surface area contributed by atoms with Gasteiger partial charge in [-0.1, -0.05) is 6.92 Å². The lowest BCUT2D eigenvalue weighted by atomic mass is 10.1. The van der Waals surface area contributed by atoms with Crippen LogP contribution in [0.1, 0.15) is 13.3 Å². The van der Waals surface area contributed by atoms with Crippen LogP contribution in [0.4, 0.5) is 11.4 Å². The Morgan fingerprint density at radius 1 is 1.39 bits per heavy atom. The molecule has 0 spiro atoms. The quantitative estimate of drug-likeness (QED) is 0.810. The topological polar surface area (TPSA) is 77.4 Å². The summed E-state index contributed by atoms with van der Waals surface area (Å²) in [6.07, 6.45) is 1.28. The molecule has 2 heterocycles. The first-order chi connectivity index (χ1) is 8.79. The van der Waals surface area contributed by atoms with Crippen molar-refractivity contribution in [2.45, 2.75) is 19.4 Å². The van der Waals surface area contributed by atoms with Crippen molar-refractivity contribution in [2.75, 3.05) is 30.3 Å². The van der Waals surface area contributed by atoms with Gasteiger partial charge < -0.3 is 15.4 Å². The fraction of sp³-hybridized carbons (Fsp3) is 0.500. The molecule has 0 aliphatic carbocycles. The van der Waals surface area contributed by atoms with E-state index in [9.17, 15) is 0 Å². The molecule has 2 aromatic rings. The first-order valence-corrected chi connectivity index (χ1v) is 6.17. The molecule has 18 heavy (non-hydrogen) atoms. The maximum Gasteiger partial charge on any atom is 0.160 e. The van der Waals surface area contributed by atoms with Gasteiger partial charge in [-0.15, -0.1) is 0 Å². The number of hydrogen-bond acceptors (Lipinski definition) is 6. The number of anilines is 2. The molecular formula is C12H16N4O2. The average molecular weight is 248 g/mol. The zero-order chi connectivity index (χ0) is 12.5. The monoisotopic (exact) mass is 248 g/mol. The van der Waals surface area contributed by atoms with Crippen molar-refractivity contribution in [2.24, 2.45) is 0 Å². The molecule has 0 saturated carbocycles. The molecule has 1 atom stereocenters. The number of morpholine rings is 1. The Morgan fingerprint density at radius 3 is 3.06 bits per heavy atom. The molecule has 1 fully saturated rings. The van der Waals surface area contributed by atoms with Crippen molar-refractivity contribution in [1.82, 2.24) is 10.3 Å². The summed E-state index contributed by atoms with van der Waals surface area (Å²) in [5.74, 6) is 0. The minimum absolute atomic E-state index is 0.270. The Morgan fingerprint density at radius 2 is 2.22 bits per heavy atom. The molecule has 0 bridgehead atoms. The van der Waals surface area contributed by atoms with E-state index in [0.717, 1.165) is 37.3 Å². The highest BCUT2D eigenvalue weighted by molar-refractivity contribution is 5.95. The van der Waals surface area contributed by atoms with Crippen molar-refractivity contribution in [3.63, 3.8) is 0 Å². The SMILES string of the molecule is CCC1CN(c2ccc(N)c3nonc23)CCO1. The van der Waals surface area contributed by atoms with Gasteiger partial charge in [0.2, 0.25) is 0 Å². The maximum atomic E-state index is 5.85. The van der Waals surface area contributed by atoms with Gasteiger partial charge in [-0.3, -0.25) is 0 Å². The molecule has 6 heteroatoms. The third-order valence-electron chi connectivity index (χ3n) is 3.36. The maximum absolute atomic E-state index is 5.85. The molecule has 0 amide bonds. The third kappa shape index (κ3) is 1.78. The fourth-order valence-corrected chi connectivity index (χ4v) is 2.31. The highest BCUT2D eigenvalue weighted by Gasteiger charge is 2.22. The highest BCUT2D eigenvalue weighted by atomic mass is 16.6. The molecule has 1 aliphatic rings. The highest BCUT2D eigenvalue weighted by Crippen LogP contribution is 2.29. The molecule has 2 N–H and O–H groups in total. The van der Waals surface area contributed by atoms with Gasteiger partial charge in [-0.25, -0.2) is 4.63 Å². The molecule has 3 rings (SSSR count). The Kier molecular flexibility index (Phi) is 2.79. The molecule has 0 radical (unpaired) electrons. The van der Waals surface area contributed by atoms with E-state index in [-0.39, 0.29) is 6.10 Å². The first-order valence-electron chi connectivity index (χ1n) is 6.17. The Labute approximate surface area is 105 Å². The van der Waals surface area contributed by atoms with Gasteiger partial charge in [-0.05, 0) is 28.9 Å². The van der Waals surface area contributed by atoms with E-state index in [0.29, 0.717) is 11.2 Å². The normalized spacial score (nSPS) is 20.5. The summed E-state index contributed by atoms with van der Waals surface area (Å²) in [5.41, 5.74) is 8.82. The van der Waals surface area contributed by atoms with Gasteiger partial charge in [0, 0.05) is 13.1 Å². The van der Waals surface area contributed by atoms with Gasteiger partial charge in [0.15, 0.2) is 11.0 Å². The zero-order valence-corrected chi connectivity index (χ0v) is 10.3. The minimum Gasteiger partial charge on any atom is -0.397 e. The van der Waals surface area contributed by atoms with E-state index in [4.69, 9.17) is 15.1 Å². The number of nitrogens with zero attached hydrogens (tertiary/aromatic N) is 3. The van der Waals surface area contributed by atoms with Crippen LogP contribution < -0.4 is 10.6 Å². The van der Waals surface area contributed by atoms with E-state index in [1.165, 1.54) is 0 Å². The number of aromatic nitrogens is 2. The van der Waals surface area contributed by atoms with Gasteiger partial charge in [0.1, 0.15) is 0 Å². The largest absolute Gasteiger partial charge is 0.397 e. The summed E-state index contributed by atoms with van der Waals surface area (Å²) >= 11 is 0. The second-order valence-corrected chi connectivity index (χ2v) is 4.48. The number of rotatable bonds is 2. The summed E-state index contributed by atoms with van der Waals surface area (Å²) in [7, 11) is 0. The van der Waals surface area contributed by atoms with Gasteiger partial charge in [0.25, 0.3) is 0 Å². The van der Waals surface area contributed by atoms with E-state index in [2.05, 4.69) is 22.1 Å². The van der Waals surface area contributed by atoms with Crippen LogP contribution in [0.5, 0.6) is 0 Å². The zero-order valence-electron chi connectivity index (χ0n) is 10.3. The van der Waals surface area contributed by atoms with Crippen molar-refractivity contribution < 1.29 is 9.37 Å². The molecule has 1 saturated heterocycles. The standard InChI is InChI=1S/C12H16N4O2/c1-2-8-7-16(5-6-17-8)10-4-3-9(13)11-12(10)15-18-14-11/h3-4,8H,2,5-7,13H2,1H3. The summed E-state index contributed by atoms with van der Waals surface area (Å²) in [5, 5.41) is 7.80.